The van der Waals surface area contributed by atoms with Gasteiger partial charge in [-0.2, -0.15) is 0 Å². The second-order valence-corrected chi connectivity index (χ2v) is 9.50. The number of amides is 1. The summed E-state index contributed by atoms with van der Waals surface area (Å²) in [6.07, 6.45) is 2.86. The van der Waals surface area contributed by atoms with E-state index in [-0.39, 0.29) is 6.04 Å². The normalized spacial score (nSPS) is 26.8. The molecule has 0 bridgehead atoms. The van der Waals surface area contributed by atoms with E-state index >= 15 is 0 Å². The summed E-state index contributed by atoms with van der Waals surface area (Å²) in [6.45, 7) is 10.3. The predicted molar refractivity (Wildman–Crippen MR) is 112 cm³/mol. The number of ether oxygens (including phenoxy) is 1. The Morgan fingerprint density at radius 2 is 1.72 bits per heavy atom. The summed E-state index contributed by atoms with van der Waals surface area (Å²) in [5.74, 6) is 0.405. The lowest BCUT2D eigenvalue weighted by molar-refractivity contribution is 0.00578. The smallest absolute Gasteiger partial charge is 0.465 e. The molecule has 3 fully saturated rings. The van der Waals surface area contributed by atoms with Crippen LogP contribution in [0.1, 0.15) is 76.5 Å². The van der Waals surface area contributed by atoms with Crippen LogP contribution < -0.4 is 5.46 Å². The molecule has 1 atom stereocenters. The number of hydrogen-bond acceptors (Lipinski definition) is 4. The molecule has 0 aliphatic carbocycles. The zero-order valence-electron chi connectivity index (χ0n) is 17.9. The largest absolute Gasteiger partial charge is 0.494 e. The summed E-state index contributed by atoms with van der Waals surface area (Å²) < 4.78 is 18.1. The molecule has 1 N–H and O–H groups in total. The van der Waals surface area contributed by atoms with E-state index in [2.05, 4.69) is 18.2 Å². The number of rotatable bonds is 3. The summed E-state index contributed by atoms with van der Waals surface area (Å²) in [4.78, 5) is 13.4. The second-order valence-electron chi connectivity index (χ2n) is 9.50. The Balaban J connectivity index is 1.71. The van der Waals surface area contributed by atoms with Crippen LogP contribution in [0, 0.1) is 0 Å². The van der Waals surface area contributed by atoms with Crippen molar-refractivity contribution in [3.8, 4) is 0 Å². The third-order valence-corrected chi connectivity index (χ3v) is 7.15. The molecular weight excluding hydrogens is 369 g/mol. The lowest BCUT2D eigenvalue weighted by Gasteiger charge is -2.32. The fourth-order valence-electron chi connectivity index (χ4n) is 4.71. The molecule has 1 amide bonds. The first-order valence-corrected chi connectivity index (χ1v) is 10.8. The van der Waals surface area contributed by atoms with Crippen molar-refractivity contribution >= 4 is 18.7 Å². The summed E-state index contributed by atoms with van der Waals surface area (Å²) in [7, 11) is -0.442. The molecule has 3 saturated heterocycles. The van der Waals surface area contributed by atoms with Gasteiger partial charge in [-0.05, 0) is 75.9 Å². The summed E-state index contributed by atoms with van der Waals surface area (Å²) >= 11 is 0. The van der Waals surface area contributed by atoms with E-state index in [9.17, 15) is 9.90 Å². The lowest BCUT2D eigenvalue weighted by Crippen LogP contribution is -2.41. The first-order valence-electron chi connectivity index (χ1n) is 10.8. The Kier molecular flexibility index (Phi) is 5.42. The second kappa shape index (κ2) is 7.60. The Morgan fingerprint density at radius 1 is 1.07 bits per heavy atom. The van der Waals surface area contributed by atoms with Gasteiger partial charge in [-0.15, -0.1) is 0 Å². The molecule has 3 aliphatic rings. The van der Waals surface area contributed by atoms with Crippen molar-refractivity contribution in [2.24, 2.45) is 0 Å². The van der Waals surface area contributed by atoms with Gasteiger partial charge in [0.1, 0.15) is 0 Å². The van der Waals surface area contributed by atoms with Gasteiger partial charge in [0.25, 0.3) is 0 Å². The van der Waals surface area contributed by atoms with Gasteiger partial charge in [0, 0.05) is 19.8 Å². The molecule has 0 aromatic heterocycles. The summed E-state index contributed by atoms with van der Waals surface area (Å²) in [5.41, 5.74) is 2.53. The summed E-state index contributed by atoms with van der Waals surface area (Å²) in [6, 6.07) is 6.30. The fraction of sp³-hybridized carbons (Fsp3) is 0.682. The Morgan fingerprint density at radius 3 is 2.34 bits per heavy atom. The lowest BCUT2D eigenvalue weighted by atomic mass is 9.75. The topological polar surface area (TPSA) is 68.2 Å². The number of likely N-dealkylation sites (tertiary alicyclic amines) is 1. The Bertz CT molecular complexity index is 758. The highest BCUT2D eigenvalue weighted by Gasteiger charge is 2.52. The van der Waals surface area contributed by atoms with Crippen LogP contribution in [0.4, 0.5) is 4.79 Å². The van der Waals surface area contributed by atoms with Crippen LogP contribution >= 0.6 is 0 Å². The van der Waals surface area contributed by atoms with Crippen molar-refractivity contribution in [3.63, 3.8) is 0 Å². The van der Waals surface area contributed by atoms with Gasteiger partial charge in [-0.1, -0.05) is 18.2 Å². The minimum absolute atomic E-state index is 0.104. The van der Waals surface area contributed by atoms with Crippen molar-refractivity contribution in [2.75, 3.05) is 19.8 Å². The number of carboxylic acid groups (broad SMARTS) is 1. The van der Waals surface area contributed by atoms with Crippen LogP contribution in [0.15, 0.2) is 18.2 Å². The monoisotopic (exact) mass is 401 g/mol. The fourth-order valence-corrected chi connectivity index (χ4v) is 4.71. The van der Waals surface area contributed by atoms with E-state index in [0.29, 0.717) is 12.5 Å². The van der Waals surface area contributed by atoms with Crippen molar-refractivity contribution in [2.45, 2.75) is 76.5 Å². The Labute approximate surface area is 173 Å². The van der Waals surface area contributed by atoms with Gasteiger partial charge in [-0.25, -0.2) is 4.79 Å². The predicted octanol–water partition coefficient (Wildman–Crippen LogP) is 3.69. The third-order valence-electron chi connectivity index (χ3n) is 7.15. The average Bonchev–Trinajstić information content (AvgIpc) is 3.24. The molecule has 1 unspecified atom stereocenters. The number of hydrogen-bond donors (Lipinski definition) is 1. The highest BCUT2D eigenvalue weighted by Crippen LogP contribution is 2.40. The SMILES string of the molecule is CC1(C)OB(c2ccc(C3CCOCC3)c(C3CCCN3C(=O)O)c2)OC1(C)C. The molecule has 3 aliphatic heterocycles. The highest BCUT2D eigenvalue weighted by atomic mass is 16.7. The average molecular weight is 401 g/mol. The maximum atomic E-state index is 11.8. The molecule has 0 spiro atoms. The molecule has 158 valence electrons. The van der Waals surface area contributed by atoms with E-state index in [1.54, 1.807) is 4.90 Å². The van der Waals surface area contributed by atoms with E-state index in [4.69, 9.17) is 14.0 Å². The number of benzene rings is 1. The number of carbonyl (C=O) groups is 1. The Hall–Kier alpha value is -1.57. The van der Waals surface area contributed by atoms with Gasteiger partial charge in [0.2, 0.25) is 0 Å². The van der Waals surface area contributed by atoms with Crippen LogP contribution in [0.25, 0.3) is 0 Å². The molecular formula is C22H32BNO5. The minimum Gasteiger partial charge on any atom is -0.465 e. The van der Waals surface area contributed by atoms with Crippen molar-refractivity contribution < 1.29 is 23.9 Å². The molecule has 7 heteroatoms. The van der Waals surface area contributed by atoms with Gasteiger partial charge in [0.15, 0.2) is 0 Å². The van der Waals surface area contributed by atoms with Crippen LogP contribution in [-0.4, -0.2) is 54.2 Å². The summed E-state index contributed by atoms with van der Waals surface area (Å²) in [5, 5.41) is 9.72. The standard InChI is InChI=1S/C22H32BNO5/c1-21(2)22(3,4)29-23(28-21)16-7-8-17(15-9-12-27-13-10-15)18(14-16)19-6-5-11-24(19)20(25)26/h7-8,14-15,19H,5-6,9-13H2,1-4H3,(H,25,26). The van der Waals surface area contributed by atoms with Gasteiger partial charge < -0.3 is 24.1 Å². The highest BCUT2D eigenvalue weighted by molar-refractivity contribution is 6.62. The van der Waals surface area contributed by atoms with Crippen molar-refractivity contribution in [1.29, 1.82) is 0 Å². The molecule has 29 heavy (non-hydrogen) atoms. The molecule has 4 rings (SSSR count). The van der Waals surface area contributed by atoms with E-state index in [0.717, 1.165) is 49.9 Å². The molecule has 0 saturated carbocycles. The van der Waals surface area contributed by atoms with Crippen molar-refractivity contribution in [1.82, 2.24) is 4.90 Å². The van der Waals surface area contributed by atoms with Crippen LogP contribution in [0.3, 0.4) is 0 Å². The molecule has 0 radical (unpaired) electrons. The molecule has 1 aromatic carbocycles. The van der Waals surface area contributed by atoms with Crippen LogP contribution in [0.2, 0.25) is 0 Å². The van der Waals surface area contributed by atoms with Crippen LogP contribution in [0.5, 0.6) is 0 Å². The van der Waals surface area contributed by atoms with Crippen LogP contribution in [-0.2, 0) is 14.0 Å². The molecule has 6 nitrogen and oxygen atoms in total. The maximum Gasteiger partial charge on any atom is 0.494 e. The van der Waals surface area contributed by atoms with E-state index in [1.165, 1.54) is 5.56 Å². The van der Waals surface area contributed by atoms with E-state index in [1.807, 2.05) is 27.7 Å². The van der Waals surface area contributed by atoms with Gasteiger partial charge >= 0.3 is 13.2 Å². The molecule has 3 heterocycles. The maximum absolute atomic E-state index is 11.8. The minimum atomic E-state index is -0.841. The first kappa shape index (κ1) is 20.7. The van der Waals surface area contributed by atoms with Crippen molar-refractivity contribution in [3.05, 3.63) is 29.3 Å². The zero-order valence-corrected chi connectivity index (χ0v) is 17.9. The zero-order chi connectivity index (χ0) is 20.8. The van der Waals surface area contributed by atoms with Gasteiger partial charge in [-0.3, -0.25) is 0 Å². The first-order chi connectivity index (χ1) is 13.7. The van der Waals surface area contributed by atoms with Gasteiger partial charge in [0.05, 0.1) is 17.2 Å². The number of nitrogens with zero attached hydrogens (tertiary/aromatic N) is 1. The molecule has 1 aromatic rings. The van der Waals surface area contributed by atoms with E-state index < -0.39 is 24.4 Å². The third kappa shape index (κ3) is 3.80. The quantitative estimate of drug-likeness (QED) is 0.783.